The lowest BCUT2D eigenvalue weighted by atomic mass is 10.2. The maximum atomic E-state index is 12.5. The molecule has 162 valence electrons. The fraction of sp³-hybridized carbons (Fsp3) is 0.348. The Balaban J connectivity index is 1.49. The van der Waals surface area contributed by atoms with E-state index in [0.717, 1.165) is 32.0 Å². The van der Waals surface area contributed by atoms with Gasteiger partial charge in [0.05, 0.1) is 37.4 Å². The Morgan fingerprint density at radius 3 is 2.52 bits per heavy atom. The first-order chi connectivity index (χ1) is 15.0. The number of anilines is 3. The van der Waals surface area contributed by atoms with Crippen molar-refractivity contribution in [1.82, 2.24) is 4.90 Å². The number of ether oxygens (including phenoxy) is 1. The van der Waals surface area contributed by atoms with Gasteiger partial charge in [-0.05, 0) is 56.4 Å². The molecule has 0 aromatic heterocycles. The number of likely N-dealkylation sites (N-methyl/N-ethyl adjacent to an activating group) is 1. The standard InChI is InChI=1S/C23H27N5O3/c1-17(23(30)26-20-5-3-4-18(14-20)15-24)27(2)16-22(29)25-19-6-8-21(9-7-19)28-10-12-31-13-11-28/h3-9,14,17H,10-13,16H2,1-2H3,(H,25,29)(H,26,30). The lowest BCUT2D eigenvalue weighted by Gasteiger charge is -2.29. The number of carbonyl (C=O) groups excluding carboxylic acids is 2. The molecule has 2 aromatic rings. The molecule has 31 heavy (non-hydrogen) atoms. The molecule has 8 heteroatoms. The smallest absolute Gasteiger partial charge is 0.241 e. The molecule has 1 heterocycles. The van der Waals surface area contributed by atoms with Gasteiger partial charge in [0.15, 0.2) is 0 Å². The third kappa shape index (κ3) is 6.28. The van der Waals surface area contributed by atoms with Gasteiger partial charge in [0.25, 0.3) is 0 Å². The van der Waals surface area contributed by atoms with Crippen molar-refractivity contribution in [3.8, 4) is 6.07 Å². The minimum absolute atomic E-state index is 0.0675. The van der Waals surface area contributed by atoms with Crippen LogP contribution in [0.3, 0.4) is 0 Å². The number of hydrogen-bond donors (Lipinski definition) is 2. The molecular weight excluding hydrogens is 394 g/mol. The van der Waals surface area contributed by atoms with Crippen molar-refractivity contribution < 1.29 is 14.3 Å². The van der Waals surface area contributed by atoms with Crippen molar-refractivity contribution >= 4 is 28.9 Å². The lowest BCUT2D eigenvalue weighted by Crippen LogP contribution is -2.43. The van der Waals surface area contributed by atoms with Crippen molar-refractivity contribution in [3.05, 3.63) is 54.1 Å². The van der Waals surface area contributed by atoms with Crippen molar-refractivity contribution in [2.24, 2.45) is 0 Å². The normalized spacial score (nSPS) is 14.6. The molecule has 1 saturated heterocycles. The molecule has 0 aliphatic carbocycles. The van der Waals surface area contributed by atoms with Gasteiger partial charge in [-0.3, -0.25) is 14.5 Å². The lowest BCUT2D eigenvalue weighted by molar-refractivity contribution is -0.122. The van der Waals surface area contributed by atoms with Gasteiger partial charge < -0.3 is 20.3 Å². The van der Waals surface area contributed by atoms with E-state index in [1.165, 1.54) is 0 Å². The number of nitrogens with zero attached hydrogens (tertiary/aromatic N) is 3. The second-order valence-corrected chi connectivity index (χ2v) is 7.47. The molecule has 1 aliphatic heterocycles. The molecule has 1 aliphatic rings. The van der Waals surface area contributed by atoms with Crippen molar-refractivity contribution in [1.29, 1.82) is 5.26 Å². The molecule has 0 spiro atoms. The van der Waals surface area contributed by atoms with E-state index >= 15 is 0 Å². The molecule has 1 atom stereocenters. The zero-order valence-electron chi connectivity index (χ0n) is 17.8. The van der Waals surface area contributed by atoms with Gasteiger partial charge >= 0.3 is 0 Å². The van der Waals surface area contributed by atoms with E-state index in [1.807, 2.05) is 30.3 Å². The largest absolute Gasteiger partial charge is 0.378 e. The van der Waals surface area contributed by atoms with E-state index in [2.05, 4.69) is 15.5 Å². The third-order valence-electron chi connectivity index (χ3n) is 5.22. The Morgan fingerprint density at radius 1 is 1.13 bits per heavy atom. The number of rotatable bonds is 7. The summed E-state index contributed by atoms with van der Waals surface area (Å²) in [6.07, 6.45) is 0. The maximum absolute atomic E-state index is 12.5. The van der Waals surface area contributed by atoms with Crippen LogP contribution in [0.1, 0.15) is 12.5 Å². The molecular formula is C23H27N5O3. The van der Waals surface area contributed by atoms with Crippen LogP contribution in [0.4, 0.5) is 17.1 Å². The van der Waals surface area contributed by atoms with Crippen molar-refractivity contribution in [2.45, 2.75) is 13.0 Å². The second-order valence-electron chi connectivity index (χ2n) is 7.47. The molecule has 2 aromatic carbocycles. The Labute approximate surface area is 182 Å². The van der Waals surface area contributed by atoms with E-state index in [1.54, 1.807) is 43.1 Å². The van der Waals surface area contributed by atoms with Crippen LogP contribution in [0.2, 0.25) is 0 Å². The molecule has 8 nitrogen and oxygen atoms in total. The Hall–Kier alpha value is -3.41. The number of benzene rings is 2. The van der Waals surface area contributed by atoms with Gasteiger partial charge in [-0.1, -0.05) is 6.07 Å². The van der Waals surface area contributed by atoms with Gasteiger partial charge in [0.2, 0.25) is 11.8 Å². The summed E-state index contributed by atoms with van der Waals surface area (Å²) in [5, 5.41) is 14.6. The average molecular weight is 422 g/mol. The van der Waals surface area contributed by atoms with Crippen molar-refractivity contribution in [2.75, 3.05) is 55.4 Å². The van der Waals surface area contributed by atoms with Crippen LogP contribution >= 0.6 is 0 Å². The number of nitrogens with one attached hydrogen (secondary N) is 2. The summed E-state index contributed by atoms with van der Waals surface area (Å²) >= 11 is 0. The fourth-order valence-corrected chi connectivity index (χ4v) is 3.25. The van der Waals surface area contributed by atoms with E-state index in [-0.39, 0.29) is 18.4 Å². The molecule has 2 N–H and O–H groups in total. The highest BCUT2D eigenvalue weighted by molar-refractivity contribution is 5.96. The van der Waals surface area contributed by atoms with Crippen LogP contribution in [0, 0.1) is 11.3 Å². The molecule has 0 bridgehead atoms. The highest BCUT2D eigenvalue weighted by atomic mass is 16.5. The summed E-state index contributed by atoms with van der Waals surface area (Å²) in [5.41, 5.74) is 2.83. The maximum Gasteiger partial charge on any atom is 0.241 e. The monoisotopic (exact) mass is 421 g/mol. The van der Waals surface area contributed by atoms with Gasteiger partial charge in [0.1, 0.15) is 0 Å². The zero-order valence-corrected chi connectivity index (χ0v) is 17.8. The van der Waals surface area contributed by atoms with E-state index < -0.39 is 6.04 Å². The summed E-state index contributed by atoms with van der Waals surface area (Å²) in [4.78, 5) is 28.8. The summed E-state index contributed by atoms with van der Waals surface area (Å²) in [7, 11) is 1.72. The minimum Gasteiger partial charge on any atom is -0.378 e. The number of morpholine rings is 1. The van der Waals surface area contributed by atoms with Gasteiger partial charge in [-0.15, -0.1) is 0 Å². The van der Waals surface area contributed by atoms with Crippen LogP contribution in [-0.4, -0.2) is 62.7 Å². The zero-order chi connectivity index (χ0) is 22.2. The Kier molecular flexibility index (Phi) is 7.60. The molecule has 0 saturated carbocycles. The first kappa shape index (κ1) is 22.3. The summed E-state index contributed by atoms with van der Waals surface area (Å²) in [6, 6.07) is 15.9. The average Bonchev–Trinajstić information content (AvgIpc) is 2.79. The van der Waals surface area contributed by atoms with Gasteiger partial charge in [-0.2, -0.15) is 5.26 Å². The topological polar surface area (TPSA) is 97.7 Å². The number of carbonyl (C=O) groups is 2. The van der Waals surface area contributed by atoms with E-state index in [0.29, 0.717) is 16.9 Å². The van der Waals surface area contributed by atoms with E-state index in [4.69, 9.17) is 10.00 Å². The predicted octanol–water partition coefficient (Wildman–Crippen LogP) is 2.29. The Bertz CT molecular complexity index is 948. The molecule has 1 fully saturated rings. The SMILES string of the molecule is CC(C(=O)Nc1cccc(C#N)c1)N(C)CC(=O)Nc1ccc(N2CCOCC2)cc1. The highest BCUT2D eigenvalue weighted by Crippen LogP contribution is 2.19. The first-order valence-electron chi connectivity index (χ1n) is 10.2. The summed E-state index contributed by atoms with van der Waals surface area (Å²) < 4.78 is 5.37. The molecule has 2 amide bonds. The number of hydrogen-bond acceptors (Lipinski definition) is 6. The van der Waals surface area contributed by atoms with Gasteiger partial charge in [0, 0.05) is 30.2 Å². The van der Waals surface area contributed by atoms with Crippen LogP contribution in [0.15, 0.2) is 48.5 Å². The van der Waals surface area contributed by atoms with Crippen LogP contribution < -0.4 is 15.5 Å². The first-order valence-corrected chi connectivity index (χ1v) is 10.2. The highest BCUT2D eigenvalue weighted by Gasteiger charge is 2.20. The van der Waals surface area contributed by atoms with Crippen LogP contribution in [0.25, 0.3) is 0 Å². The van der Waals surface area contributed by atoms with Crippen LogP contribution in [0.5, 0.6) is 0 Å². The molecule has 1 unspecified atom stereocenters. The Morgan fingerprint density at radius 2 is 1.84 bits per heavy atom. The van der Waals surface area contributed by atoms with E-state index in [9.17, 15) is 9.59 Å². The second kappa shape index (κ2) is 10.6. The third-order valence-corrected chi connectivity index (χ3v) is 5.22. The number of amides is 2. The quantitative estimate of drug-likeness (QED) is 0.712. The summed E-state index contributed by atoms with van der Waals surface area (Å²) in [5.74, 6) is -0.451. The minimum atomic E-state index is -0.528. The predicted molar refractivity (Wildman–Crippen MR) is 120 cm³/mol. The van der Waals surface area contributed by atoms with Crippen molar-refractivity contribution in [3.63, 3.8) is 0 Å². The molecule has 3 rings (SSSR count). The number of nitriles is 1. The summed E-state index contributed by atoms with van der Waals surface area (Å²) in [6.45, 7) is 4.96. The fourth-order valence-electron chi connectivity index (χ4n) is 3.25. The van der Waals surface area contributed by atoms with Crippen LogP contribution in [-0.2, 0) is 14.3 Å². The molecule has 0 radical (unpaired) electrons. The van der Waals surface area contributed by atoms with Gasteiger partial charge in [-0.25, -0.2) is 0 Å².